The number of hydrogen-bond donors (Lipinski definition) is 0. The highest BCUT2D eigenvalue weighted by Crippen LogP contribution is 2.45. The van der Waals surface area contributed by atoms with Crippen LogP contribution in [0.5, 0.6) is 17.2 Å². The maximum Gasteiger partial charge on any atom is 0.258 e. The number of fused-ring (bicyclic) bond motifs is 2. The van der Waals surface area contributed by atoms with Gasteiger partial charge in [0.1, 0.15) is 0 Å². The molecule has 2 heterocycles. The van der Waals surface area contributed by atoms with E-state index in [0.29, 0.717) is 28.9 Å². The van der Waals surface area contributed by atoms with Crippen molar-refractivity contribution in [2.45, 2.75) is 25.3 Å². The molecule has 1 unspecified atom stereocenters. The molecule has 0 saturated carbocycles. The summed E-state index contributed by atoms with van der Waals surface area (Å²) >= 11 is 0. The van der Waals surface area contributed by atoms with Crippen molar-refractivity contribution >= 4 is 5.91 Å². The summed E-state index contributed by atoms with van der Waals surface area (Å²) in [7, 11) is 4.70. The normalized spacial score (nSPS) is 20.4. The summed E-state index contributed by atoms with van der Waals surface area (Å²) in [6, 6.07) is 2.22. The first-order valence-electron chi connectivity index (χ1n) is 6.84. The third kappa shape index (κ3) is 1.72. The molecule has 1 saturated heterocycles. The number of rotatable bonds is 3. The van der Waals surface area contributed by atoms with Gasteiger partial charge in [-0.05, 0) is 30.9 Å². The Bertz CT molecular complexity index is 555. The van der Waals surface area contributed by atoms with E-state index in [-0.39, 0.29) is 5.91 Å². The van der Waals surface area contributed by atoms with Crippen molar-refractivity contribution in [3.05, 3.63) is 17.2 Å². The van der Waals surface area contributed by atoms with E-state index in [1.54, 1.807) is 21.3 Å². The van der Waals surface area contributed by atoms with Crippen LogP contribution in [-0.4, -0.2) is 44.7 Å². The summed E-state index contributed by atoms with van der Waals surface area (Å²) in [5, 5.41) is 0. The van der Waals surface area contributed by atoms with Crippen LogP contribution in [0.3, 0.4) is 0 Å². The van der Waals surface area contributed by atoms with Gasteiger partial charge in [-0.3, -0.25) is 4.79 Å². The molecule has 0 aromatic heterocycles. The molecule has 5 heteroatoms. The quantitative estimate of drug-likeness (QED) is 0.846. The lowest BCUT2D eigenvalue weighted by molar-refractivity contribution is 0.0709. The van der Waals surface area contributed by atoms with Gasteiger partial charge in [0.2, 0.25) is 5.75 Å². The summed E-state index contributed by atoms with van der Waals surface area (Å²) in [5.74, 6) is 1.63. The van der Waals surface area contributed by atoms with Crippen molar-refractivity contribution < 1.29 is 19.0 Å². The van der Waals surface area contributed by atoms with Crippen LogP contribution in [0, 0.1) is 0 Å². The first-order chi connectivity index (χ1) is 9.71. The number of methoxy groups -OCH3 is 3. The van der Waals surface area contributed by atoms with Gasteiger partial charge in [-0.2, -0.15) is 0 Å². The minimum Gasteiger partial charge on any atom is -0.493 e. The van der Waals surface area contributed by atoms with Crippen molar-refractivity contribution in [3.8, 4) is 17.2 Å². The minimum absolute atomic E-state index is 0.0477. The molecular weight excluding hydrogens is 258 g/mol. The van der Waals surface area contributed by atoms with Gasteiger partial charge in [-0.1, -0.05) is 0 Å². The van der Waals surface area contributed by atoms with Crippen LogP contribution in [0.15, 0.2) is 6.07 Å². The van der Waals surface area contributed by atoms with Crippen LogP contribution in [0.25, 0.3) is 0 Å². The van der Waals surface area contributed by atoms with Crippen LogP contribution in [-0.2, 0) is 6.42 Å². The smallest absolute Gasteiger partial charge is 0.258 e. The monoisotopic (exact) mass is 277 g/mol. The third-order valence-corrected chi connectivity index (χ3v) is 4.22. The Kier molecular flexibility index (Phi) is 3.20. The van der Waals surface area contributed by atoms with E-state index in [1.807, 2.05) is 11.0 Å². The van der Waals surface area contributed by atoms with Crippen LogP contribution in [0.1, 0.15) is 28.8 Å². The molecule has 2 aliphatic rings. The molecule has 0 N–H and O–H groups in total. The lowest BCUT2D eigenvalue weighted by Crippen LogP contribution is -2.41. The molecule has 108 valence electrons. The van der Waals surface area contributed by atoms with E-state index in [0.717, 1.165) is 31.4 Å². The predicted molar refractivity (Wildman–Crippen MR) is 73.9 cm³/mol. The molecule has 0 bridgehead atoms. The maximum absolute atomic E-state index is 12.7. The number of carbonyl (C=O) groups is 1. The molecule has 1 aromatic rings. The van der Waals surface area contributed by atoms with E-state index in [1.165, 1.54) is 0 Å². The van der Waals surface area contributed by atoms with E-state index >= 15 is 0 Å². The molecule has 1 aromatic carbocycles. The fraction of sp³-hybridized carbons (Fsp3) is 0.533. The van der Waals surface area contributed by atoms with Gasteiger partial charge in [0.25, 0.3) is 5.91 Å². The summed E-state index contributed by atoms with van der Waals surface area (Å²) in [5.41, 5.74) is 1.62. The first-order valence-corrected chi connectivity index (χ1v) is 6.84. The molecule has 1 amide bonds. The number of carbonyl (C=O) groups excluding carboxylic acids is 1. The average molecular weight is 277 g/mol. The summed E-state index contributed by atoms with van der Waals surface area (Å²) < 4.78 is 16.2. The lowest BCUT2D eigenvalue weighted by Gasteiger charge is -2.32. The van der Waals surface area contributed by atoms with Gasteiger partial charge in [-0.15, -0.1) is 0 Å². The summed E-state index contributed by atoms with van der Waals surface area (Å²) in [6.45, 7) is 0.834. The highest BCUT2D eigenvalue weighted by atomic mass is 16.5. The second-order valence-corrected chi connectivity index (χ2v) is 5.18. The topological polar surface area (TPSA) is 48.0 Å². The molecule has 5 nitrogen and oxygen atoms in total. The molecule has 1 atom stereocenters. The highest BCUT2D eigenvalue weighted by Gasteiger charge is 2.39. The van der Waals surface area contributed by atoms with Crippen LogP contribution in [0.4, 0.5) is 0 Å². The SMILES string of the molecule is COc1cc2c(c(OC)c1OC)C(=O)N1CCCC1C2. The number of amides is 1. The zero-order valence-electron chi connectivity index (χ0n) is 12.1. The van der Waals surface area contributed by atoms with Gasteiger partial charge in [0, 0.05) is 12.6 Å². The van der Waals surface area contributed by atoms with E-state index in [2.05, 4.69) is 0 Å². The Balaban J connectivity index is 2.19. The Morgan fingerprint density at radius 2 is 1.90 bits per heavy atom. The molecule has 3 rings (SSSR count). The molecule has 2 aliphatic heterocycles. The number of benzene rings is 1. The minimum atomic E-state index is 0.0477. The summed E-state index contributed by atoms with van der Waals surface area (Å²) in [4.78, 5) is 14.7. The van der Waals surface area contributed by atoms with E-state index in [4.69, 9.17) is 14.2 Å². The average Bonchev–Trinajstić information content (AvgIpc) is 2.93. The van der Waals surface area contributed by atoms with E-state index < -0.39 is 0 Å². The van der Waals surface area contributed by atoms with Crippen molar-refractivity contribution in [1.29, 1.82) is 0 Å². The Morgan fingerprint density at radius 3 is 2.55 bits per heavy atom. The van der Waals surface area contributed by atoms with Crippen molar-refractivity contribution in [2.75, 3.05) is 27.9 Å². The largest absolute Gasteiger partial charge is 0.493 e. The van der Waals surface area contributed by atoms with Gasteiger partial charge in [0.15, 0.2) is 11.5 Å². The molecule has 0 radical (unpaired) electrons. The van der Waals surface area contributed by atoms with Crippen molar-refractivity contribution in [3.63, 3.8) is 0 Å². The second kappa shape index (κ2) is 4.89. The molecule has 0 spiro atoms. The fourth-order valence-corrected chi connectivity index (χ4v) is 3.32. The molecule has 1 fully saturated rings. The first kappa shape index (κ1) is 13.1. The van der Waals surface area contributed by atoms with E-state index in [9.17, 15) is 4.79 Å². The fourth-order valence-electron chi connectivity index (χ4n) is 3.32. The van der Waals surface area contributed by atoms with Crippen LogP contribution in [0.2, 0.25) is 0 Å². The lowest BCUT2D eigenvalue weighted by atomic mass is 9.92. The number of ether oxygens (including phenoxy) is 3. The van der Waals surface area contributed by atoms with Crippen LogP contribution >= 0.6 is 0 Å². The Labute approximate surface area is 118 Å². The van der Waals surface area contributed by atoms with Gasteiger partial charge >= 0.3 is 0 Å². The third-order valence-electron chi connectivity index (χ3n) is 4.22. The zero-order chi connectivity index (χ0) is 14.3. The van der Waals surface area contributed by atoms with Crippen molar-refractivity contribution in [1.82, 2.24) is 4.90 Å². The van der Waals surface area contributed by atoms with Gasteiger partial charge in [-0.25, -0.2) is 0 Å². The Hall–Kier alpha value is -1.91. The standard InChI is InChI=1S/C15H19NO4/c1-18-11-8-9-7-10-5-4-6-16(10)15(17)12(9)14(20-3)13(11)19-2/h8,10H,4-7H2,1-3H3. The maximum atomic E-state index is 12.7. The van der Waals surface area contributed by atoms with Gasteiger partial charge in [0.05, 0.1) is 26.9 Å². The highest BCUT2D eigenvalue weighted by molar-refractivity contribution is 6.01. The zero-order valence-corrected chi connectivity index (χ0v) is 12.1. The predicted octanol–water partition coefficient (Wildman–Crippen LogP) is 1.87. The van der Waals surface area contributed by atoms with Crippen molar-refractivity contribution in [2.24, 2.45) is 0 Å². The summed E-state index contributed by atoms with van der Waals surface area (Å²) in [6.07, 6.45) is 3.00. The number of hydrogen-bond acceptors (Lipinski definition) is 4. The Morgan fingerprint density at radius 1 is 1.15 bits per heavy atom. The molecular formula is C15H19NO4. The van der Waals surface area contributed by atoms with Crippen LogP contribution < -0.4 is 14.2 Å². The second-order valence-electron chi connectivity index (χ2n) is 5.18. The molecule has 0 aliphatic carbocycles. The number of nitrogens with zero attached hydrogens (tertiary/aromatic N) is 1. The van der Waals surface area contributed by atoms with Gasteiger partial charge < -0.3 is 19.1 Å². The molecule has 20 heavy (non-hydrogen) atoms.